The van der Waals surface area contributed by atoms with Crippen LogP contribution in [-0.4, -0.2) is 12.4 Å². The van der Waals surface area contributed by atoms with Gasteiger partial charge in [0.2, 0.25) is 0 Å². The van der Waals surface area contributed by atoms with Crippen molar-refractivity contribution in [2.45, 2.75) is 26.2 Å². The first-order valence-corrected chi connectivity index (χ1v) is 5.91. The van der Waals surface area contributed by atoms with Gasteiger partial charge < -0.3 is 4.74 Å². The maximum absolute atomic E-state index is 11.0. The summed E-state index contributed by atoms with van der Waals surface area (Å²) in [6.07, 6.45) is 2.04. The number of benzene rings is 1. The van der Waals surface area contributed by atoms with Gasteiger partial charge >= 0.3 is 0 Å². The molecule has 0 aromatic heterocycles. The molecule has 1 rings (SSSR count). The van der Waals surface area contributed by atoms with Gasteiger partial charge in [0.1, 0.15) is 11.5 Å². The minimum atomic E-state index is 0.300. The van der Waals surface area contributed by atoms with Crippen LogP contribution in [0.2, 0.25) is 0 Å². The Labute approximate surface area is 98.8 Å². The molecule has 0 aliphatic rings. The van der Waals surface area contributed by atoms with Crippen LogP contribution in [0.3, 0.4) is 0 Å². The van der Waals surface area contributed by atoms with E-state index < -0.39 is 0 Å². The number of ether oxygens (including phenoxy) is 1. The summed E-state index contributed by atoms with van der Waals surface area (Å²) in [5.41, 5.74) is 0. The van der Waals surface area contributed by atoms with E-state index in [-0.39, 0.29) is 0 Å². The molecule has 0 spiro atoms. The number of Topliss-reactive ketones (excluding diaryl/α,β-unsaturated/α-hetero) is 1. The maximum Gasteiger partial charge on any atom is 0.132 e. The molecule has 2 nitrogen and oxygen atoms in total. The molecular weight excluding hydrogens is 256 g/mol. The highest BCUT2D eigenvalue weighted by Gasteiger charge is 1.98. The Hall–Kier alpha value is -0.830. The van der Waals surface area contributed by atoms with Crippen molar-refractivity contribution in [3.8, 4) is 5.75 Å². The average molecular weight is 271 g/mol. The lowest BCUT2D eigenvalue weighted by Crippen LogP contribution is -2.01. The predicted octanol–water partition coefficient (Wildman–Crippen LogP) is 3.59. The number of carbonyl (C=O) groups excluding carboxylic acids is 1. The van der Waals surface area contributed by atoms with E-state index in [0.29, 0.717) is 25.2 Å². The van der Waals surface area contributed by atoms with E-state index in [1.54, 1.807) is 0 Å². The SMILES string of the molecule is CCC(=O)CCCOc1ccc(Br)cc1. The molecular formula is C12H15BrO2. The lowest BCUT2D eigenvalue weighted by Gasteiger charge is -2.05. The zero-order valence-corrected chi connectivity index (χ0v) is 10.4. The van der Waals surface area contributed by atoms with Gasteiger partial charge in [0.05, 0.1) is 6.61 Å². The number of halogens is 1. The molecule has 1 aromatic rings. The van der Waals surface area contributed by atoms with Gasteiger partial charge in [0.15, 0.2) is 0 Å². The van der Waals surface area contributed by atoms with E-state index in [9.17, 15) is 4.79 Å². The van der Waals surface area contributed by atoms with Crippen LogP contribution in [0.25, 0.3) is 0 Å². The number of ketones is 1. The maximum atomic E-state index is 11.0. The summed E-state index contributed by atoms with van der Waals surface area (Å²) in [7, 11) is 0. The minimum absolute atomic E-state index is 0.300. The molecule has 15 heavy (non-hydrogen) atoms. The third-order valence-electron chi connectivity index (χ3n) is 2.08. The molecule has 0 fully saturated rings. The molecule has 0 aliphatic carbocycles. The third-order valence-corrected chi connectivity index (χ3v) is 2.61. The number of hydrogen-bond donors (Lipinski definition) is 0. The highest BCUT2D eigenvalue weighted by molar-refractivity contribution is 9.10. The second-order valence-corrected chi connectivity index (χ2v) is 4.21. The summed E-state index contributed by atoms with van der Waals surface area (Å²) in [6, 6.07) is 7.69. The molecule has 82 valence electrons. The Balaban J connectivity index is 2.20. The normalized spacial score (nSPS) is 10.0. The molecule has 1 aromatic carbocycles. The van der Waals surface area contributed by atoms with Crippen LogP contribution in [0.4, 0.5) is 0 Å². The van der Waals surface area contributed by atoms with Gasteiger partial charge in [-0.15, -0.1) is 0 Å². The van der Waals surface area contributed by atoms with Gasteiger partial charge in [-0.2, -0.15) is 0 Å². The van der Waals surface area contributed by atoms with E-state index >= 15 is 0 Å². The van der Waals surface area contributed by atoms with Crippen LogP contribution in [0.1, 0.15) is 26.2 Å². The van der Waals surface area contributed by atoms with Crippen molar-refractivity contribution in [2.24, 2.45) is 0 Å². The summed E-state index contributed by atoms with van der Waals surface area (Å²) in [5.74, 6) is 1.15. The first-order chi connectivity index (χ1) is 7.22. The van der Waals surface area contributed by atoms with E-state index in [4.69, 9.17) is 4.74 Å². The van der Waals surface area contributed by atoms with E-state index in [2.05, 4.69) is 15.9 Å². The van der Waals surface area contributed by atoms with Gasteiger partial charge in [-0.1, -0.05) is 22.9 Å². The Kier molecular flexibility index (Phi) is 5.40. The molecule has 3 heteroatoms. The molecule has 0 amide bonds. The molecule has 0 atom stereocenters. The largest absolute Gasteiger partial charge is 0.494 e. The summed E-state index contributed by atoms with van der Waals surface area (Å²) < 4.78 is 6.52. The summed E-state index contributed by atoms with van der Waals surface area (Å²) in [6.45, 7) is 2.49. The van der Waals surface area contributed by atoms with Crippen molar-refractivity contribution >= 4 is 21.7 Å². The number of rotatable bonds is 6. The molecule has 0 saturated heterocycles. The van der Waals surface area contributed by atoms with Crippen molar-refractivity contribution in [3.05, 3.63) is 28.7 Å². The van der Waals surface area contributed by atoms with Crippen molar-refractivity contribution in [1.82, 2.24) is 0 Å². The second kappa shape index (κ2) is 6.62. The smallest absolute Gasteiger partial charge is 0.132 e. The molecule has 0 radical (unpaired) electrons. The molecule has 0 heterocycles. The highest BCUT2D eigenvalue weighted by atomic mass is 79.9. The highest BCUT2D eigenvalue weighted by Crippen LogP contribution is 2.16. The molecule has 0 bridgehead atoms. The quantitative estimate of drug-likeness (QED) is 0.739. The Bertz CT molecular complexity index is 306. The van der Waals surface area contributed by atoms with Crippen LogP contribution >= 0.6 is 15.9 Å². The van der Waals surface area contributed by atoms with Gasteiger partial charge in [0, 0.05) is 17.3 Å². The van der Waals surface area contributed by atoms with Crippen molar-refractivity contribution in [3.63, 3.8) is 0 Å². The third kappa shape index (κ3) is 4.98. The zero-order chi connectivity index (χ0) is 11.1. The molecule has 0 saturated carbocycles. The minimum Gasteiger partial charge on any atom is -0.494 e. The second-order valence-electron chi connectivity index (χ2n) is 3.30. The monoisotopic (exact) mass is 270 g/mol. The zero-order valence-electron chi connectivity index (χ0n) is 8.83. The van der Waals surface area contributed by atoms with Crippen molar-refractivity contribution in [1.29, 1.82) is 0 Å². The lowest BCUT2D eigenvalue weighted by molar-refractivity contribution is -0.118. The topological polar surface area (TPSA) is 26.3 Å². The molecule has 0 unspecified atom stereocenters. The summed E-state index contributed by atoms with van der Waals surface area (Å²) >= 11 is 3.36. The fraction of sp³-hybridized carbons (Fsp3) is 0.417. The standard InChI is InChI=1S/C12H15BrO2/c1-2-11(14)4-3-9-15-12-7-5-10(13)6-8-12/h5-8H,2-4,9H2,1H3. The lowest BCUT2D eigenvalue weighted by atomic mass is 10.2. The fourth-order valence-corrected chi connectivity index (χ4v) is 1.43. The van der Waals surface area contributed by atoms with Gasteiger partial charge in [0.25, 0.3) is 0 Å². The van der Waals surface area contributed by atoms with Crippen molar-refractivity contribution < 1.29 is 9.53 Å². The van der Waals surface area contributed by atoms with Gasteiger partial charge in [-0.3, -0.25) is 4.79 Å². The van der Waals surface area contributed by atoms with E-state index in [1.807, 2.05) is 31.2 Å². The number of carbonyl (C=O) groups is 1. The summed E-state index contributed by atoms with van der Waals surface area (Å²) in [4.78, 5) is 11.0. The fourth-order valence-electron chi connectivity index (χ4n) is 1.17. The van der Waals surface area contributed by atoms with Crippen LogP contribution in [0.5, 0.6) is 5.75 Å². The first kappa shape index (κ1) is 12.2. The van der Waals surface area contributed by atoms with Crippen molar-refractivity contribution in [2.75, 3.05) is 6.61 Å². The van der Waals surface area contributed by atoms with E-state index in [0.717, 1.165) is 16.6 Å². The van der Waals surface area contributed by atoms with Gasteiger partial charge in [-0.05, 0) is 30.7 Å². The van der Waals surface area contributed by atoms with Crippen LogP contribution in [0.15, 0.2) is 28.7 Å². The first-order valence-electron chi connectivity index (χ1n) is 5.12. The van der Waals surface area contributed by atoms with Crippen LogP contribution in [-0.2, 0) is 4.79 Å². The van der Waals surface area contributed by atoms with Crippen LogP contribution < -0.4 is 4.74 Å². The van der Waals surface area contributed by atoms with Crippen LogP contribution in [0, 0.1) is 0 Å². The van der Waals surface area contributed by atoms with Gasteiger partial charge in [-0.25, -0.2) is 0 Å². The predicted molar refractivity (Wildman–Crippen MR) is 64.2 cm³/mol. The Morgan fingerprint density at radius 1 is 1.33 bits per heavy atom. The Morgan fingerprint density at radius 2 is 2.00 bits per heavy atom. The number of hydrogen-bond acceptors (Lipinski definition) is 2. The molecule has 0 aliphatic heterocycles. The summed E-state index contributed by atoms with van der Waals surface area (Å²) in [5, 5.41) is 0. The van der Waals surface area contributed by atoms with E-state index in [1.165, 1.54) is 0 Å². The Morgan fingerprint density at radius 3 is 2.60 bits per heavy atom. The average Bonchev–Trinajstić information content (AvgIpc) is 2.26. The molecule has 0 N–H and O–H groups in total.